The van der Waals surface area contributed by atoms with Crippen molar-refractivity contribution in [1.29, 1.82) is 0 Å². The second kappa shape index (κ2) is 5.88. The number of carboxylic acid groups (broad SMARTS) is 1. The Kier molecular flexibility index (Phi) is 5.42. The summed E-state index contributed by atoms with van der Waals surface area (Å²) < 4.78 is 0. The Morgan fingerprint density at radius 3 is 2.91 bits per heavy atom. The summed E-state index contributed by atoms with van der Waals surface area (Å²) in [7, 11) is 0. The van der Waals surface area contributed by atoms with Crippen LogP contribution < -0.4 is 11.1 Å². The van der Waals surface area contributed by atoms with Gasteiger partial charge in [0, 0.05) is 19.1 Å². The molecule has 0 saturated heterocycles. The molecule has 1 atom stereocenters. The molecular formula is C7H14N2O2. The molecule has 0 saturated carbocycles. The van der Waals surface area contributed by atoms with Crippen molar-refractivity contribution in [2.75, 3.05) is 13.1 Å². The predicted octanol–water partition coefficient (Wildman–Crippen LogP) is -0.436. The molecule has 1 unspecified atom stereocenters. The van der Waals surface area contributed by atoms with Crippen LogP contribution in [0.25, 0.3) is 0 Å². The lowest BCUT2D eigenvalue weighted by atomic mass is 10.2. The summed E-state index contributed by atoms with van der Waals surface area (Å²) >= 11 is 0. The molecule has 0 aliphatic heterocycles. The van der Waals surface area contributed by atoms with E-state index in [9.17, 15) is 4.79 Å². The fraction of sp³-hybridized carbons (Fsp3) is 0.571. The van der Waals surface area contributed by atoms with E-state index >= 15 is 0 Å². The number of hydrogen-bond donors (Lipinski definition) is 3. The first-order valence-electron chi connectivity index (χ1n) is 3.45. The zero-order valence-corrected chi connectivity index (χ0v) is 6.42. The van der Waals surface area contributed by atoms with E-state index in [0.717, 1.165) is 0 Å². The Morgan fingerprint density at radius 2 is 2.45 bits per heavy atom. The van der Waals surface area contributed by atoms with Crippen LogP contribution in [0.5, 0.6) is 0 Å². The second-order valence-electron chi connectivity index (χ2n) is 2.30. The third-order valence-corrected chi connectivity index (χ3v) is 1.13. The van der Waals surface area contributed by atoms with Crippen molar-refractivity contribution in [2.45, 2.75) is 12.5 Å². The van der Waals surface area contributed by atoms with Gasteiger partial charge in [0.15, 0.2) is 0 Å². The first-order chi connectivity index (χ1) is 5.16. The summed E-state index contributed by atoms with van der Waals surface area (Å²) in [6, 6.07) is -0.313. The van der Waals surface area contributed by atoms with Crippen molar-refractivity contribution in [1.82, 2.24) is 5.32 Å². The zero-order chi connectivity index (χ0) is 8.69. The average Bonchev–Trinajstić information content (AvgIpc) is 1.86. The highest BCUT2D eigenvalue weighted by molar-refractivity contribution is 5.67. The fourth-order valence-corrected chi connectivity index (χ4v) is 0.667. The molecule has 0 spiro atoms. The molecule has 0 rings (SSSR count). The molecule has 64 valence electrons. The summed E-state index contributed by atoms with van der Waals surface area (Å²) in [5.74, 6) is -0.863. The third kappa shape index (κ3) is 7.02. The monoisotopic (exact) mass is 158 g/mol. The van der Waals surface area contributed by atoms with Crippen LogP contribution >= 0.6 is 0 Å². The molecule has 11 heavy (non-hydrogen) atoms. The van der Waals surface area contributed by atoms with Crippen molar-refractivity contribution < 1.29 is 9.90 Å². The van der Waals surface area contributed by atoms with Crippen LogP contribution in [0.4, 0.5) is 0 Å². The van der Waals surface area contributed by atoms with Crippen LogP contribution in [-0.2, 0) is 4.79 Å². The van der Waals surface area contributed by atoms with Gasteiger partial charge in [-0.05, 0) is 0 Å². The van der Waals surface area contributed by atoms with Gasteiger partial charge >= 0.3 is 5.97 Å². The van der Waals surface area contributed by atoms with Gasteiger partial charge in [0.2, 0.25) is 0 Å². The molecule has 4 heteroatoms. The van der Waals surface area contributed by atoms with Crippen LogP contribution in [0.15, 0.2) is 12.7 Å². The Labute approximate surface area is 66.1 Å². The Bertz CT molecular complexity index is 136. The van der Waals surface area contributed by atoms with Gasteiger partial charge in [-0.2, -0.15) is 0 Å². The molecule has 0 aliphatic rings. The van der Waals surface area contributed by atoms with Gasteiger partial charge in [0.05, 0.1) is 6.42 Å². The Morgan fingerprint density at radius 1 is 1.82 bits per heavy atom. The summed E-state index contributed by atoms with van der Waals surface area (Å²) in [5, 5.41) is 11.2. The molecule has 0 radical (unpaired) electrons. The second-order valence-corrected chi connectivity index (χ2v) is 2.30. The van der Waals surface area contributed by atoms with E-state index in [1.807, 2.05) is 0 Å². The molecule has 0 aliphatic carbocycles. The van der Waals surface area contributed by atoms with Gasteiger partial charge in [0.1, 0.15) is 0 Å². The van der Waals surface area contributed by atoms with Gasteiger partial charge in [-0.15, -0.1) is 6.58 Å². The number of rotatable bonds is 6. The molecule has 0 aromatic heterocycles. The Hall–Kier alpha value is -0.870. The largest absolute Gasteiger partial charge is 0.481 e. The molecule has 0 amide bonds. The van der Waals surface area contributed by atoms with E-state index in [4.69, 9.17) is 10.8 Å². The molecule has 0 aromatic carbocycles. The van der Waals surface area contributed by atoms with Gasteiger partial charge in [-0.1, -0.05) is 6.08 Å². The van der Waals surface area contributed by atoms with Gasteiger partial charge in [0.25, 0.3) is 0 Å². The van der Waals surface area contributed by atoms with E-state index in [1.165, 1.54) is 0 Å². The van der Waals surface area contributed by atoms with Gasteiger partial charge in [-0.25, -0.2) is 0 Å². The smallest absolute Gasteiger partial charge is 0.304 e. The van der Waals surface area contributed by atoms with E-state index in [2.05, 4.69) is 11.9 Å². The molecule has 0 aromatic rings. The van der Waals surface area contributed by atoms with Crippen molar-refractivity contribution >= 4 is 5.97 Å². The predicted molar refractivity (Wildman–Crippen MR) is 43.3 cm³/mol. The minimum atomic E-state index is -0.863. The molecule has 0 bridgehead atoms. The highest BCUT2D eigenvalue weighted by Gasteiger charge is 2.05. The van der Waals surface area contributed by atoms with Crippen LogP contribution in [-0.4, -0.2) is 30.2 Å². The minimum Gasteiger partial charge on any atom is -0.481 e. The maximum atomic E-state index is 10.1. The van der Waals surface area contributed by atoms with Crippen LogP contribution in [0.3, 0.4) is 0 Å². The topological polar surface area (TPSA) is 75.3 Å². The summed E-state index contributed by atoms with van der Waals surface area (Å²) in [6.45, 7) is 4.67. The molecule has 0 fully saturated rings. The first kappa shape index (κ1) is 10.1. The van der Waals surface area contributed by atoms with Crippen molar-refractivity contribution in [3.05, 3.63) is 12.7 Å². The quantitative estimate of drug-likeness (QED) is 0.362. The average molecular weight is 158 g/mol. The van der Waals surface area contributed by atoms with Gasteiger partial charge < -0.3 is 16.2 Å². The number of aliphatic carboxylic acids is 1. The van der Waals surface area contributed by atoms with E-state index in [0.29, 0.717) is 13.1 Å². The highest BCUT2D eigenvalue weighted by atomic mass is 16.4. The molecule has 4 N–H and O–H groups in total. The number of carboxylic acids is 1. The lowest BCUT2D eigenvalue weighted by molar-refractivity contribution is -0.137. The summed E-state index contributed by atoms with van der Waals surface area (Å²) in [4.78, 5) is 10.1. The Balaban J connectivity index is 3.28. The van der Waals surface area contributed by atoms with Crippen LogP contribution in [0.1, 0.15) is 6.42 Å². The van der Waals surface area contributed by atoms with Crippen LogP contribution in [0, 0.1) is 0 Å². The van der Waals surface area contributed by atoms with Crippen molar-refractivity contribution in [3.8, 4) is 0 Å². The van der Waals surface area contributed by atoms with Gasteiger partial charge in [-0.3, -0.25) is 4.79 Å². The SMILES string of the molecule is C=CCNCC(N)CC(=O)O. The maximum Gasteiger partial charge on any atom is 0.304 e. The molecule has 0 heterocycles. The lowest BCUT2D eigenvalue weighted by Crippen LogP contribution is -2.35. The van der Waals surface area contributed by atoms with E-state index in [1.54, 1.807) is 6.08 Å². The number of nitrogens with one attached hydrogen (secondary N) is 1. The highest BCUT2D eigenvalue weighted by Crippen LogP contribution is 1.84. The minimum absolute atomic E-state index is 0.00411. The first-order valence-corrected chi connectivity index (χ1v) is 3.45. The van der Waals surface area contributed by atoms with E-state index < -0.39 is 5.97 Å². The number of carbonyl (C=O) groups is 1. The third-order valence-electron chi connectivity index (χ3n) is 1.13. The lowest BCUT2D eigenvalue weighted by Gasteiger charge is -2.07. The molecular weight excluding hydrogens is 144 g/mol. The zero-order valence-electron chi connectivity index (χ0n) is 6.42. The van der Waals surface area contributed by atoms with E-state index in [-0.39, 0.29) is 12.5 Å². The standard InChI is InChI=1S/C7H14N2O2/c1-2-3-9-5-6(8)4-7(10)11/h2,6,9H,1,3-5,8H2,(H,10,11). The fourth-order valence-electron chi connectivity index (χ4n) is 0.667. The summed E-state index contributed by atoms with van der Waals surface area (Å²) in [6.07, 6.45) is 1.71. The van der Waals surface area contributed by atoms with Crippen LogP contribution in [0.2, 0.25) is 0 Å². The summed E-state index contributed by atoms with van der Waals surface area (Å²) in [5.41, 5.74) is 5.44. The number of hydrogen-bond acceptors (Lipinski definition) is 3. The normalized spacial score (nSPS) is 12.5. The molecule has 4 nitrogen and oxygen atoms in total. The number of nitrogens with two attached hydrogens (primary N) is 1. The van der Waals surface area contributed by atoms with Crippen molar-refractivity contribution in [3.63, 3.8) is 0 Å². The van der Waals surface area contributed by atoms with Crippen molar-refractivity contribution in [2.24, 2.45) is 5.73 Å². The maximum absolute atomic E-state index is 10.1.